The Hall–Kier alpha value is -0.640. The Labute approximate surface area is 114 Å². The molecule has 0 radical (unpaired) electrons. The minimum absolute atomic E-state index is 0.0301. The molecule has 0 atom stereocenters. The molecule has 0 saturated carbocycles. The number of carbonyl (C=O) groups excluding carboxylic acids is 1. The van der Waals surface area contributed by atoms with Gasteiger partial charge in [0.1, 0.15) is 5.75 Å². The molecule has 0 spiro atoms. The summed E-state index contributed by atoms with van der Waals surface area (Å²) in [6.45, 7) is 1.58. The van der Waals surface area contributed by atoms with E-state index >= 15 is 0 Å². The van der Waals surface area contributed by atoms with Crippen LogP contribution in [0.2, 0.25) is 15.1 Å². The number of ether oxygens (including phenoxy) is 1. The molecule has 1 aromatic rings. The number of halogens is 3. The van der Waals surface area contributed by atoms with E-state index in [1.54, 1.807) is 4.90 Å². The minimum Gasteiger partial charge on any atom is -0.482 e. The van der Waals surface area contributed by atoms with Crippen LogP contribution in [-0.4, -0.2) is 30.5 Å². The third kappa shape index (κ3) is 2.97. The lowest BCUT2D eigenvalue weighted by Crippen LogP contribution is -2.44. The number of rotatable bonds is 3. The second-order valence-electron chi connectivity index (χ2n) is 3.72. The lowest BCUT2D eigenvalue weighted by Gasteiger charge is -2.30. The smallest absolute Gasteiger partial charge is 0.260 e. The Bertz CT molecular complexity index is 447. The first-order valence-corrected chi connectivity index (χ1v) is 6.26. The van der Waals surface area contributed by atoms with Crippen LogP contribution in [0.15, 0.2) is 12.1 Å². The number of amides is 1. The van der Waals surface area contributed by atoms with E-state index in [1.807, 2.05) is 0 Å². The van der Waals surface area contributed by atoms with Crippen molar-refractivity contribution < 1.29 is 9.53 Å². The normalized spacial score (nSPS) is 14.4. The third-order valence-corrected chi connectivity index (χ3v) is 3.55. The van der Waals surface area contributed by atoms with Crippen molar-refractivity contribution in [1.82, 2.24) is 4.90 Å². The molecule has 1 saturated heterocycles. The number of carbonyl (C=O) groups is 1. The Morgan fingerprint density at radius 1 is 1.18 bits per heavy atom. The molecule has 17 heavy (non-hydrogen) atoms. The molecular formula is C11H10Cl3NO2. The molecule has 1 aliphatic heterocycles. The molecule has 1 aromatic carbocycles. The highest BCUT2D eigenvalue weighted by molar-refractivity contribution is 6.43. The first-order valence-electron chi connectivity index (χ1n) is 5.13. The first-order chi connectivity index (χ1) is 8.08. The third-order valence-electron chi connectivity index (χ3n) is 2.53. The van der Waals surface area contributed by atoms with Crippen LogP contribution < -0.4 is 4.74 Å². The van der Waals surface area contributed by atoms with Gasteiger partial charge in [-0.1, -0.05) is 34.8 Å². The van der Waals surface area contributed by atoms with Crippen molar-refractivity contribution in [1.29, 1.82) is 0 Å². The molecule has 0 aromatic heterocycles. The van der Waals surface area contributed by atoms with Crippen molar-refractivity contribution in [3.8, 4) is 5.75 Å². The van der Waals surface area contributed by atoms with E-state index in [0.29, 0.717) is 20.8 Å². The largest absolute Gasteiger partial charge is 0.482 e. The standard InChI is InChI=1S/C11H10Cl3NO2/c12-7-4-9(14)10(5-8(7)13)17-6-11(16)15-2-1-3-15/h4-5H,1-3,6H2. The summed E-state index contributed by atoms with van der Waals surface area (Å²) < 4.78 is 5.33. The molecule has 92 valence electrons. The van der Waals surface area contributed by atoms with Gasteiger partial charge in [-0.25, -0.2) is 0 Å². The van der Waals surface area contributed by atoms with Crippen molar-refractivity contribution in [2.75, 3.05) is 19.7 Å². The van der Waals surface area contributed by atoms with Crippen molar-refractivity contribution in [3.63, 3.8) is 0 Å². The molecule has 0 N–H and O–H groups in total. The Kier molecular flexibility index (Phi) is 4.02. The Balaban J connectivity index is 1.98. The molecule has 1 heterocycles. The number of hydrogen-bond donors (Lipinski definition) is 0. The van der Waals surface area contributed by atoms with Gasteiger partial charge in [0.2, 0.25) is 0 Å². The maximum atomic E-state index is 11.6. The van der Waals surface area contributed by atoms with Crippen LogP contribution in [0.1, 0.15) is 6.42 Å². The molecule has 2 rings (SSSR count). The van der Waals surface area contributed by atoms with E-state index in [9.17, 15) is 4.79 Å². The van der Waals surface area contributed by atoms with Crippen LogP contribution in [0, 0.1) is 0 Å². The van der Waals surface area contributed by atoms with Gasteiger partial charge in [0, 0.05) is 19.2 Å². The van der Waals surface area contributed by atoms with E-state index in [1.165, 1.54) is 12.1 Å². The molecule has 0 unspecified atom stereocenters. The summed E-state index contributed by atoms with van der Waals surface area (Å²) >= 11 is 17.5. The molecule has 3 nitrogen and oxygen atoms in total. The zero-order valence-electron chi connectivity index (χ0n) is 8.88. The lowest BCUT2D eigenvalue weighted by molar-refractivity contribution is -0.136. The van der Waals surface area contributed by atoms with Crippen molar-refractivity contribution in [2.24, 2.45) is 0 Å². The number of benzene rings is 1. The SMILES string of the molecule is O=C(COc1cc(Cl)c(Cl)cc1Cl)N1CCC1. The molecule has 6 heteroatoms. The average Bonchev–Trinajstić information content (AvgIpc) is 2.19. The molecule has 0 aliphatic carbocycles. The highest BCUT2D eigenvalue weighted by atomic mass is 35.5. The fraction of sp³-hybridized carbons (Fsp3) is 0.364. The Morgan fingerprint density at radius 3 is 2.41 bits per heavy atom. The van der Waals surface area contributed by atoms with Crippen LogP contribution in [0.5, 0.6) is 5.75 Å². The predicted octanol–water partition coefficient (Wildman–Crippen LogP) is 3.26. The summed E-state index contributed by atoms with van der Waals surface area (Å²) in [5.74, 6) is 0.327. The molecule has 1 aliphatic rings. The maximum absolute atomic E-state index is 11.6. The van der Waals surface area contributed by atoms with Crippen LogP contribution >= 0.6 is 34.8 Å². The Morgan fingerprint density at radius 2 is 1.82 bits per heavy atom. The van der Waals surface area contributed by atoms with Gasteiger partial charge in [-0.3, -0.25) is 4.79 Å². The van der Waals surface area contributed by atoms with Crippen molar-refractivity contribution in [2.45, 2.75) is 6.42 Å². The number of hydrogen-bond acceptors (Lipinski definition) is 2. The summed E-state index contributed by atoms with van der Waals surface area (Å²) in [4.78, 5) is 13.3. The van der Waals surface area contributed by atoms with E-state index in [0.717, 1.165) is 19.5 Å². The average molecular weight is 295 g/mol. The second kappa shape index (κ2) is 5.34. The second-order valence-corrected chi connectivity index (χ2v) is 4.94. The van der Waals surface area contributed by atoms with Crippen LogP contribution in [0.3, 0.4) is 0 Å². The van der Waals surface area contributed by atoms with Gasteiger partial charge in [-0.05, 0) is 12.5 Å². The van der Waals surface area contributed by atoms with Gasteiger partial charge >= 0.3 is 0 Å². The summed E-state index contributed by atoms with van der Waals surface area (Å²) in [6, 6.07) is 3.00. The molecule has 0 bridgehead atoms. The zero-order valence-corrected chi connectivity index (χ0v) is 11.1. The summed E-state index contributed by atoms with van der Waals surface area (Å²) in [5, 5.41) is 1.05. The van der Waals surface area contributed by atoms with E-state index in [4.69, 9.17) is 39.5 Å². The highest BCUT2D eigenvalue weighted by Crippen LogP contribution is 2.33. The number of nitrogens with zero attached hydrogens (tertiary/aromatic N) is 1. The fourth-order valence-corrected chi connectivity index (χ4v) is 2.00. The summed E-state index contributed by atoms with van der Waals surface area (Å²) in [5.41, 5.74) is 0. The molecule has 1 fully saturated rings. The minimum atomic E-state index is -0.0432. The van der Waals surface area contributed by atoms with E-state index in [-0.39, 0.29) is 12.5 Å². The monoisotopic (exact) mass is 293 g/mol. The topological polar surface area (TPSA) is 29.5 Å². The van der Waals surface area contributed by atoms with Crippen LogP contribution in [-0.2, 0) is 4.79 Å². The quantitative estimate of drug-likeness (QED) is 0.801. The number of likely N-dealkylation sites (tertiary alicyclic amines) is 1. The van der Waals surface area contributed by atoms with Gasteiger partial charge in [0.05, 0.1) is 15.1 Å². The lowest BCUT2D eigenvalue weighted by atomic mass is 10.2. The molecular weight excluding hydrogens is 284 g/mol. The predicted molar refractivity (Wildman–Crippen MR) is 68.2 cm³/mol. The van der Waals surface area contributed by atoms with Gasteiger partial charge < -0.3 is 9.64 Å². The highest BCUT2D eigenvalue weighted by Gasteiger charge is 2.20. The van der Waals surface area contributed by atoms with Gasteiger partial charge in [0.25, 0.3) is 5.91 Å². The zero-order chi connectivity index (χ0) is 12.4. The van der Waals surface area contributed by atoms with Crippen LogP contribution in [0.4, 0.5) is 0 Å². The van der Waals surface area contributed by atoms with E-state index in [2.05, 4.69) is 0 Å². The first kappa shape index (κ1) is 12.8. The van der Waals surface area contributed by atoms with Gasteiger partial charge in [-0.15, -0.1) is 0 Å². The van der Waals surface area contributed by atoms with E-state index < -0.39 is 0 Å². The summed E-state index contributed by atoms with van der Waals surface area (Å²) in [7, 11) is 0. The fourth-order valence-electron chi connectivity index (χ4n) is 1.41. The van der Waals surface area contributed by atoms with Gasteiger partial charge in [0.15, 0.2) is 6.61 Å². The van der Waals surface area contributed by atoms with Crippen molar-refractivity contribution >= 4 is 40.7 Å². The van der Waals surface area contributed by atoms with Crippen molar-refractivity contribution in [3.05, 3.63) is 27.2 Å². The maximum Gasteiger partial charge on any atom is 0.260 e. The molecule has 1 amide bonds. The van der Waals surface area contributed by atoms with Gasteiger partial charge in [-0.2, -0.15) is 0 Å². The summed E-state index contributed by atoms with van der Waals surface area (Å²) in [6.07, 6.45) is 1.05. The van der Waals surface area contributed by atoms with Crippen LogP contribution in [0.25, 0.3) is 0 Å².